The molecule has 1 saturated carbocycles. The Kier molecular flexibility index (Phi) is 5.08. The van der Waals surface area contributed by atoms with Crippen LogP contribution in [0.25, 0.3) is 10.1 Å². The molecule has 2 aromatic carbocycles. The fourth-order valence-corrected chi connectivity index (χ4v) is 3.71. The van der Waals surface area contributed by atoms with Gasteiger partial charge >= 0.3 is 5.97 Å². The number of anilines is 1. The lowest BCUT2D eigenvalue weighted by Crippen LogP contribution is -2.27. The van der Waals surface area contributed by atoms with Gasteiger partial charge in [-0.25, -0.2) is 4.79 Å². The molecule has 1 heterocycles. The lowest BCUT2D eigenvalue weighted by Gasteiger charge is -2.11. The molecule has 7 heteroatoms. The smallest absolute Gasteiger partial charge is 0.348 e. The molecule has 1 aliphatic rings. The first-order valence-electron chi connectivity index (χ1n) is 8.95. The largest absolute Gasteiger partial charge is 0.451 e. The van der Waals surface area contributed by atoms with Crippen LogP contribution in [-0.4, -0.2) is 30.4 Å². The monoisotopic (exact) mass is 394 g/mol. The van der Waals surface area contributed by atoms with Gasteiger partial charge < -0.3 is 15.4 Å². The third-order valence-electron chi connectivity index (χ3n) is 4.32. The number of rotatable bonds is 6. The van der Waals surface area contributed by atoms with Crippen molar-refractivity contribution >= 4 is 44.9 Å². The van der Waals surface area contributed by atoms with Crippen molar-refractivity contribution in [2.45, 2.75) is 18.9 Å². The van der Waals surface area contributed by atoms with Gasteiger partial charge in [0.1, 0.15) is 4.88 Å². The first kappa shape index (κ1) is 18.2. The lowest BCUT2D eigenvalue weighted by molar-refractivity contribution is -0.119. The molecule has 0 bridgehead atoms. The fourth-order valence-electron chi connectivity index (χ4n) is 2.75. The lowest BCUT2D eigenvalue weighted by atomic mass is 10.1. The molecule has 28 heavy (non-hydrogen) atoms. The predicted octanol–water partition coefficient (Wildman–Crippen LogP) is 3.59. The standard InChI is InChI=1S/C21H18N2O4S/c24-19(12-27-21(26)18-11-13-5-1-4-8-17(13)28-18)23-16-7-3-2-6-15(16)20(25)22-14-9-10-14/h1-8,11,14H,9-10,12H2,(H,22,25)(H,23,24). The number of nitrogens with one attached hydrogen (secondary N) is 2. The van der Waals surface area contributed by atoms with Crippen LogP contribution < -0.4 is 10.6 Å². The number of ether oxygens (including phenoxy) is 1. The Labute approximate surface area is 165 Å². The van der Waals surface area contributed by atoms with Gasteiger partial charge in [0, 0.05) is 10.7 Å². The number of carbonyl (C=O) groups is 3. The molecule has 4 rings (SSSR count). The summed E-state index contributed by atoms with van der Waals surface area (Å²) in [7, 11) is 0. The molecule has 1 aliphatic carbocycles. The minimum Gasteiger partial charge on any atom is -0.451 e. The molecule has 142 valence electrons. The van der Waals surface area contributed by atoms with Crippen molar-refractivity contribution < 1.29 is 19.1 Å². The van der Waals surface area contributed by atoms with Crippen LogP contribution in [0, 0.1) is 0 Å². The number of amides is 2. The minimum atomic E-state index is -0.545. The highest BCUT2D eigenvalue weighted by molar-refractivity contribution is 7.20. The van der Waals surface area contributed by atoms with Crippen LogP contribution in [0.3, 0.4) is 0 Å². The minimum absolute atomic E-state index is 0.221. The topological polar surface area (TPSA) is 84.5 Å². The van der Waals surface area contributed by atoms with E-state index < -0.39 is 18.5 Å². The fraction of sp³-hybridized carbons (Fsp3) is 0.190. The van der Waals surface area contributed by atoms with Crippen LogP contribution in [0.4, 0.5) is 5.69 Å². The molecule has 1 fully saturated rings. The molecule has 1 aromatic heterocycles. The SMILES string of the molecule is O=C(COC(=O)c1cc2ccccc2s1)Nc1ccccc1C(=O)NC1CC1. The summed E-state index contributed by atoms with van der Waals surface area (Å²) in [6.45, 7) is -0.425. The highest BCUT2D eigenvalue weighted by Gasteiger charge is 2.25. The Hall–Kier alpha value is -3.19. The molecular weight excluding hydrogens is 376 g/mol. The molecule has 2 amide bonds. The summed E-state index contributed by atoms with van der Waals surface area (Å²) >= 11 is 1.32. The maximum atomic E-state index is 12.3. The Balaban J connectivity index is 1.36. The molecule has 0 aliphatic heterocycles. The van der Waals surface area contributed by atoms with E-state index in [2.05, 4.69) is 10.6 Å². The van der Waals surface area contributed by atoms with Gasteiger partial charge in [0.05, 0.1) is 11.3 Å². The van der Waals surface area contributed by atoms with Gasteiger partial charge in [-0.05, 0) is 42.5 Å². The van der Waals surface area contributed by atoms with Crippen LogP contribution in [0.2, 0.25) is 0 Å². The third-order valence-corrected chi connectivity index (χ3v) is 5.42. The summed E-state index contributed by atoms with van der Waals surface area (Å²) < 4.78 is 6.11. The Morgan fingerprint density at radius 2 is 1.79 bits per heavy atom. The van der Waals surface area contributed by atoms with Crippen LogP contribution >= 0.6 is 11.3 Å². The van der Waals surface area contributed by atoms with E-state index in [1.54, 1.807) is 30.3 Å². The Morgan fingerprint density at radius 1 is 1.04 bits per heavy atom. The Bertz CT molecular complexity index is 1020. The number of esters is 1. The van der Waals surface area contributed by atoms with Gasteiger partial charge in [-0.15, -0.1) is 11.3 Å². The third kappa shape index (κ3) is 4.20. The molecule has 3 aromatic rings. The quantitative estimate of drug-likeness (QED) is 0.626. The van der Waals surface area contributed by atoms with Gasteiger partial charge in [0.25, 0.3) is 11.8 Å². The maximum absolute atomic E-state index is 12.3. The Morgan fingerprint density at radius 3 is 2.57 bits per heavy atom. The second-order valence-electron chi connectivity index (χ2n) is 6.57. The number of thiophene rings is 1. The van der Waals surface area contributed by atoms with Crippen LogP contribution in [0.1, 0.15) is 32.9 Å². The molecule has 0 saturated heterocycles. The van der Waals surface area contributed by atoms with Crippen molar-refractivity contribution in [2.24, 2.45) is 0 Å². The number of para-hydroxylation sites is 1. The van der Waals surface area contributed by atoms with E-state index in [1.165, 1.54) is 11.3 Å². The first-order valence-corrected chi connectivity index (χ1v) is 9.77. The van der Waals surface area contributed by atoms with Crippen LogP contribution in [0.5, 0.6) is 0 Å². The highest BCUT2D eigenvalue weighted by Crippen LogP contribution is 2.26. The van der Waals surface area contributed by atoms with Crippen molar-refractivity contribution in [3.8, 4) is 0 Å². The normalized spacial score (nSPS) is 13.1. The van der Waals surface area contributed by atoms with E-state index in [4.69, 9.17) is 4.74 Å². The van der Waals surface area contributed by atoms with Crippen LogP contribution in [0.15, 0.2) is 54.6 Å². The van der Waals surface area contributed by atoms with Crippen molar-refractivity contribution in [1.29, 1.82) is 0 Å². The zero-order valence-corrected chi connectivity index (χ0v) is 15.8. The number of carbonyl (C=O) groups excluding carboxylic acids is 3. The molecular formula is C21H18N2O4S. The van der Waals surface area contributed by atoms with E-state index in [0.29, 0.717) is 16.1 Å². The van der Waals surface area contributed by atoms with Crippen molar-refractivity contribution in [1.82, 2.24) is 5.32 Å². The predicted molar refractivity (Wildman–Crippen MR) is 108 cm³/mol. The number of hydrogen-bond donors (Lipinski definition) is 2. The van der Waals surface area contributed by atoms with E-state index in [9.17, 15) is 14.4 Å². The summed E-state index contributed by atoms with van der Waals surface area (Å²) in [6.07, 6.45) is 1.96. The van der Waals surface area contributed by atoms with E-state index in [1.807, 2.05) is 24.3 Å². The van der Waals surface area contributed by atoms with E-state index >= 15 is 0 Å². The van der Waals surface area contributed by atoms with Crippen molar-refractivity contribution in [3.05, 3.63) is 65.0 Å². The molecule has 0 atom stereocenters. The van der Waals surface area contributed by atoms with Gasteiger partial charge in [0.2, 0.25) is 0 Å². The number of benzene rings is 2. The second-order valence-corrected chi connectivity index (χ2v) is 7.65. The average molecular weight is 394 g/mol. The molecule has 0 radical (unpaired) electrons. The summed E-state index contributed by atoms with van der Waals surface area (Å²) in [4.78, 5) is 37.2. The molecule has 2 N–H and O–H groups in total. The van der Waals surface area contributed by atoms with Crippen molar-refractivity contribution in [3.63, 3.8) is 0 Å². The number of hydrogen-bond acceptors (Lipinski definition) is 5. The first-order chi connectivity index (χ1) is 13.6. The molecule has 0 spiro atoms. The average Bonchev–Trinajstić information content (AvgIpc) is 3.40. The van der Waals surface area contributed by atoms with Gasteiger partial charge in [-0.2, -0.15) is 0 Å². The zero-order chi connectivity index (χ0) is 19.5. The molecule has 0 unspecified atom stereocenters. The highest BCUT2D eigenvalue weighted by atomic mass is 32.1. The van der Waals surface area contributed by atoms with Crippen molar-refractivity contribution in [2.75, 3.05) is 11.9 Å². The summed E-state index contributed by atoms with van der Waals surface area (Å²) in [5.41, 5.74) is 0.780. The van der Waals surface area contributed by atoms with E-state index in [-0.39, 0.29) is 11.9 Å². The summed E-state index contributed by atoms with van der Waals surface area (Å²) in [6, 6.07) is 16.4. The van der Waals surface area contributed by atoms with E-state index in [0.717, 1.165) is 22.9 Å². The van der Waals surface area contributed by atoms with Gasteiger partial charge in [-0.3, -0.25) is 9.59 Å². The summed E-state index contributed by atoms with van der Waals surface area (Å²) in [5, 5.41) is 6.50. The maximum Gasteiger partial charge on any atom is 0.348 e. The van der Waals surface area contributed by atoms with Crippen LogP contribution in [-0.2, 0) is 9.53 Å². The second kappa shape index (κ2) is 7.82. The van der Waals surface area contributed by atoms with Gasteiger partial charge in [-0.1, -0.05) is 30.3 Å². The van der Waals surface area contributed by atoms with Gasteiger partial charge in [0.15, 0.2) is 6.61 Å². The molecule has 6 nitrogen and oxygen atoms in total. The number of fused-ring (bicyclic) bond motifs is 1. The summed E-state index contributed by atoms with van der Waals surface area (Å²) in [5.74, 6) is -1.27. The zero-order valence-electron chi connectivity index (χ0n) is 14.9.